The van der Waals surface area contributed by atoms with Crippen LogP contribution in [-0.2, 0) is 9.59 Å². The van der Waals surface area contributed by atoms with E-state index in [-0.39, 0.29) is 12.5 Å². The summed E-state index contributed by atoms with van der Waals surface area (Å²) in [5.41, 5.74) is 0. The molecule has 3 N–H and O–H groups in total. The zero-order valence-electron chi connectivity index (χ0n) is 9.66. The highest BCUT2D eigenvalue weighted by molar-refractivity contribution is 5.84. The maximum atomic E-state index is 11.4. The molecular formula is C11H20N2O3. The summed E-state index contributed by atoms with van der Waals surface area (Å²) in [6.45, 7) is 1.96. The number of carbonyl (C=O) groups excluding carboxylic acids is 1. The van der Waals surface area contributed by atoms with Crippen molar-refractivity contribution in [1.82, 2.24) is 10.6 Å². The quantitative estimate of drug-likeness (QED) is 0.618. The minimum absolute atomic E-state index is 0.217. The molecule has 0 aliphatic heterocycles. The van der Waals surface area contributed by atoms with E-state index >= 15 is 0 Å². The van der Waals surface area contributed by atoms with Gasteiger partial charge in [0.25, 0.3) is 0 Å². The van der Waals surface area contributed by atoms with Gasteiger partial charge in [0.1, 0.15) is 6.04 Å². The third-order valence-electron chi connectivity index (χ3n) is 2.95. The molecule has 0 spiro atoms. The van der Waals surface area contributed by atoms with E-state index in [1.807, 2.05) is 0 Å². The van der Waals surface area contributed by atoms with Gasteiger partial charge in [-0.25, -0.2) is 4.79 Å². The Bertz CT molecular complexity index is 250. The summed E-state index contributed by atoms with van der Waals surface area (Å²) in [5, 5.41) is 14.4. The summed E-state index contributed by atoms with van der Waals surface area (Å²) in [7, 11) is 0. The number of aliphatic carboxylic acids is 1. The van der Waals surface area contributed by atoms with Crippen molar-refractivity contribution in [2.45, 2.75) is 51.1 Å². The standard InChI is InChI=1S/C11H20N2O3/c1-2-9(11(15)16)13-10(14)7-12-8-5-3-4-6-8/h8-9,12H,2-7H2,1H3,(H,13,14)(H,15,16)/t9-/m1/s1. The molecule has 1 amide bonds. The van der Waals surface area contributed by atoms with Crippen molar-refractivity contribution in [3.05, 3.63) is 0 Å². The van der Waals surface area contributed by atoms with Crippen molar-refractivity contribution in [2.24, 2.45) is 0 Å². The van der Waals surface area contributed by atoms with E-state index in [1.165, 1.54) is 12.8 Å². The Kier molecular flexibility index (Phi) is 5.25. The van der Waals surface area contributed by atoms with Gasteiger partial charge in [-0.1, -0.05) is 19.8 Å². The maximum Gasteiger partial charge on any atom is 0.326 e. The minimum atomic E-state index is -0.975. The van der Waals surface area contributed by atoms with Crippen LogP contribution in [0.4, 0.5) is 0 Å². The molecule has 0 aromatic heterocycles. The van der Waals surface area contributed by atoms with E-state index < -0.39 is 12.0 Å². The summed E-state index contributed by atoms with van der Waals surface area (Å²) in [6, 6.07) is -0.339. The smallest absolute Gasteiger partial charge is 0.326 e. The number of carboxylic acid groups (broad SMARTS) is 1. The molecule has 1 saturated carbocycles. The first-order valence-electron chi connectivity index (χ1n) is 5.89. The first kappa shape index (κ1) is 13.0. The van der Waals surface area contributed by atoms with Crippen LogP contribution in [0, 0.1) is 0 Å². The Morgan fingerprint density at radius 1 is 1.38 bits per heavy atom. The summed E-state index contributed by atoms with van der Waals surface area (Å²) in [5.74, 6) is -1.21. The zero-order valence-corrected chi connectivity index (χ0v) is 9.66. The molecule has 5 heteroatoms. The van der Waals surface area contributed by atoms with Crippen LogP contribution in [0.25, 0.3) is 0 Å². The number of amides is 1. The first-order chi connectivity index (χ1) is 7.63. The van der Waals surface area contributed by atoms with Crippen molar-refractivity contribution < 1.29 is 14.7 Å². The van der Waals surface area contributed by atoms with E-state index in [2.05, 4.69) is 10.6 Å². The molecule has 1 atom stereocenters. The van der Waals surface area contributed by atoms with Gasteiger partial charge < -0.3 is 15.7 Å². The topological polar surface area (TPSA) is 78.4 Å². The van der Waals surface area contributed by atoms with E-state index in [1.54, 1.807) is 6.92 Å². The summed E-state index contributed by atoms with van der Waals surface area (Å²) in [6.07, 6.45) is 5.06. The van der Waals surface area contributed by atoms with Crippen molar-refractivity contribution in [3.63, 3.8) is 0 Å². The molecule has 5 nitrogen and oxygen atoms in total. The van der Waals surface area contributed by atoms with Gasteiger partial charge in [-0.05, 0) is 19.3 Å². The third kappa shape index (κ3) is 4.18. The number of rotatable bonds is 6. The molecule has 1 aliphatic rings. The lowest BCUT2D eigenvalue weighted by atomic mass is 10.2. The fourth-order valence-corrected chi connectivity index (χ4v) is 1.95. The molecule has 0 saturated heterocycles. The van der Waals surface area contributed by atoms with Crippen LogP contribution in [0.5, 0.6) is 0 Å². The second kappa shape index (κ2) is 6.48. The van der Waals surface area contributed by atoms with Crippen LogP contribution < -0.4 is 10.6 Å². The van der Waals surface area contributed by atoms with Crippen LogP contribution in [0.15, 0.2) is 0 Å². The second-order valence-electron chi connectivity index (χ2n) is 4.23. The fourth-order valence-electron chi connectivity index (χ4n) is 1.95. The molecule has 1 rings (SSSR count). The van der Waals surface area contributed by atoms with Crippen LogP contribution in [0.2, 0.25) is 0 Å². The Morgan fingerprint density at radius 2 is 2.00 bits per heavy atom. The molecule has 92 valence electrons. The average Bonchev–Trinajstić information content (AvgIpc) is 2.75. The van der Waals surface area contributed by atoms with Crippen molar-refractivity contribution in [3.8, 4) is 0 Å². The Morgan fingerprint density at radius 3 is 2.50 bits per heavy atom. The Labute approximate surface area is 95.6 Å². The lowest BCUT2D eigenvalue weighted by molar-refractivity contribution is -0.141. The van der Waals surface area contributed by atoms with Crippen LogP contribution in [0.3, 0.4) is 0 Å². The molecule has 0 unspecified atom stereocenters. The fraction of sp³-hybridized carbons (Fsp3) is 0.818. The third-order valence-corrected chi connectivity index (χ3v) is 2.95. The summed E-state index contributed by atoms with van der Waals surface area (Å²) in [4.78, 5) is 22.1. The monoisotopic (exact) mass is 228 g/mol. The number of hydrogen-bond donors (Lipinski definition) is 3. The van der Waals surface area contributed by atoms with E-state index in [0.29, 0.717) is 12.5 Å². The summed E-state index contributed by atoms with van der Waals surface area (Å²) >= 11 is 0. The highest BCUT2D eigenvalue weighted by Crippen LogP contribution is 2.17. The zero-order chi connectivity index (χ0) is 12.0. The molecule has 1 aliphatic carbocycles. The second-order valence-corrected chi connectivity index (χ2v) is 4.23. The molecule has 1 fully saturated rings. The lowest BCUT2D eigenvalue weighted by Crippen LogP contribution is -2.45. The Balaban J connectivity index is 2.21. The highest BCUT2D eigenvalue weighted by Gasteiger charge is 2.19. The predicted molar refractivity (Wildman–Crippen MR) is 60.1 cm³/mol. The maximum absolute atomic E-state index is 11.4. The van der Waals surface area contributed by atoms with Crippen LogP contribution in [0.1, 0.15) is 39.0 Å². The van der Waals surface area contributed by atoms with Crippen LogP contribution in [-0.4, -0.2) is 35.6 Å². The van der Waals surface area contributed by atoms with Gasteiger partial charge in [0.2, 0.25) is 5.91 Å². The van der Waals surface area contributed by atoms with Gasteiger partial charge in [-0.15, -0.1) is 0 Å². The van der Waals surface area contributed by atoms with Gasteiger partial charge in [-0.3, -0.25) is 4.79 Å². The summed E-state index contributed by atoms with van der Waals surface area (Å²) < 4.78 is 0. The number of nitrogens with one attached hydrogen (secondary N) is 2. The number of carbonyl (C=O) groups is 2. The average molecular weight is 228 g/mol. The van der Waals surface area contributed by atoms with E-state index in [0.717, 1.165) is 12.8 Å². The van der Waals surface area contributed by atoms with Gasteiger partial charge in [0, 0.05) is 6.04 Å². The van der Waals surface area contributed by atoms with Gasteiger partial charge >= 0.3 is 5.97 Å². The molecule has 16 heavy (non-hydrogen) atoms. The normalized spacial score (nSPS) is 18.3. The molecule has 0 heterocycles. The highest BCUT2D eigenvalue weighted by atomic mass is 16.4. The molecule has 0 bridgehead atoms. The lowest BCUT2D eigenvalue weighted by Gasteiger charge is -2.15. The Hall–Kier alpha value is -1.10. The predicted octanol–water partition coefficient (Wildman–Crippen LogP) is 0.498. The SMILES string of the molecule is CC[C@@H](NC(=O)CNC1CCCC1)C(=O)O. The van der Waals surface area contributed by atoms with Crippen molar-refractivity contribution >= 4 is 11.9 Å². The largest absolute Gasteiger partial charge is 0.480 e. The minimum Gasteiger partial charge on any atom is -0.480 e. The van der Waals surface area contributed by atoms with Gasteiger partial charge in [-0.2, -0.15) is 0 Å². The van der Waals surface area contributed by atoms with Crippen molar-refractivity contribution in [2.75, 3.05) is 6.54 Å². The van der Waals surface area contributed by atoms with E-state index in [9.17, 15) is 9.59 Å². The van der Waals surface area contributed by atoms with Crippen molar-refractivity contribution in [1.29, 1.82) is 0 Å². The first-order valence-corrected chi connectivity index (χ1v) is 5.89. The van der Waals surface area contributed by atoms with E-state index in [4.69, 9.17) is 5.11 Å². The number of hydrogen-bond acceptors (Lipinski definition) is 3. The van der Waals surface area contributed by atoms with Gasteiger partial charge in [0.15, 0.2) is 0 Å². The van der Waals surface area contributed by atoms with Gasteiger partial charge in [0.05, 0.1) is 6.54 Å². The number of carboxylic acids is 1. The molecule has 0 aromatic carbocycles. The molecule has 0 aromatic rings. The molecule has 0 radical (unpaired) electrons. The molecular weight excluding hydrogens is 208 g/mol. The van der Waals surface area contributed by atoms with Crippen LogP contribution >= 0.6 is 0 Å².